The van der Waals surface area contributed by atoms with Crippen LogP contribution >= 0.6 is 0 Å². The number of aryl methyl sites for hydroxylation is 1. The average Bonchev–Trinajstić information content (AvgIpc) is 2.73. The van der Waals surface area contributed by atoms with Crippen LogP contribution in [0.4, 0.5) is 10.1 Å². The fraction of sp³-hybridized carbons (Fsp3) is 0.389. The predicted molar refractivity (Wildman–Crippen MR) is 88.2 cm³/mol. The van der Waals surface area contributed by atoms with Crippen LogP contribution in [0.5, 0.6) is 0 Å². The van der Waals surface area contributed by atoms with Crippen molar-refractivity contribution in [1.29, 1.82) is 0 Å². The highest BCUT2D eigenvalue weighted by atomic mass is 19.1. The Balaban J connectivity index is 2.05. The average molecular weight is 313 g/mol. The predicted octanol–water partition coefficient (Wildman–Crippen LogP) is 3.44. The van der Waals surface area contributed by atoms with Gasteiger partial charge in [-0.05, 0) is 44.4 Å². The van der Waals surface area contributed by atoms with Crippen LogP contribution in [0.15, 0.2) is 30.6 Å². The maximum absolute atomic E-state index is 12.7. The van der Waals surface area contributed by atoms with Gasteiger partial charge in [0.2, 0.25) is 5.91 Å². The summed E-state index contributed by atoms with van der Waals surface area (Å²) >= 11 is 0. The van der Waals surface area contributed by atoms with E-state index in [1.165, 1.54) is 0 Å². The first-order chi connectivity index (χ1) is 10.9. The van der Waals surface area contributed by atoms with E-state index < -0.39 is 12.1 Å². The molecule has 1 aromatic carbocycles. The van der Waals surface area contributed by atoms with Gasteiger partial charge in [-0.25, -0.2) is 9.97 Å². The third kappa shape index (κ3) is 2.60. The molecule has 0 spiro atoms. The molecule has 4 nitrogen and oxygen atoms in total. The minimum absolute atomic E-state index is 0.0262. The fourth-order valence-corrected chi connectivity index (χ4v) is 3.01. The maximum atomic E-state index is 12.7. The summed E-state index contributed by atoms with van der Waals surface area (Å²) in [5.41, 5.74) is 3.14. The molecule has 1 aliphatic rings. The summed E-state index contributed by atoms with van der Waals surface area (Å²) in [6.45, 7) is 5.65. The number of carbonyl (C=O) groups is 1. The molecule has 0 radical (unpaired) electrons. The van der Waals surface area contributed by atoms with Gasteiger partial charge < -0.3 is 4.90 Å². The smallest absolute Gasteiger partial charge is 0.237 e. The van der Waals surface area contributed by atoms with Crippen LogP contribution in [0.25, 0.3) is 11.1 Å². The van der Waals surface area contributed by atoms with E-state index in [-0.39, 0.29) is 5.91 Å². The molecule has 2 heterocycles. The molecule has 0 atom stereocenters. The van der Waals surface area contributed by atoms with Gasteiger partial charge in [-0.1, -0.05) is 12.1 Å². The summed E-state index contributed by atoms with van der Waals surface area (Å²) in [5.74, 6) is 0.744. The number of amides is 1. The molecule has 0 saturated heterocycles. The minimum atomic E-state index is -0.575. The van der Waals surface area contributed by atoms with Gasteiger partial charge in [0.1, 0.15) is 5.82 Å². The van der Waals surface area contributed by atoms with Gasteiger partial charge in [0.05, 0.1) is 12.1 Å². The quantitative estimate of drug-likeness (QED) is 0.868. The molecule has 0 N–H and O–H groups in total. The largest absolute Gasteiger partial charge is 0.311 e. The standard InChI is InChI=1S/C18H20FN3O/c1-12-20-10-14(11-21-12)13-5-6-15-16(9-13)22(8-4-7-19)17(23)18(15,2)3/h5-6,9-11H,4,7-8H2,1-3H3. The molecule has 1 aromatic heterocycles. The third-order valence-electron chi connectivity index (χ3n) is 4.37. The maximum Gasteiger partial charge on any atom is 0.237 e. The summed E-state index contributed by atoms with van der Waals surface area (Å²) in [5, 5.41) is 0. The highest BCUT2D eigenvalue weighted by Gasteiger charge is 2.43. The molecule has 1 amide bonds. The zero-order chi connectivity index (χ0) is 16.6. The zero-order valence-corrected chi connectivity index (χ0v) is 13.6. The molecule has 2 aromatic rings. The molecule has 120 valence electrons. The lowest BCUT2D eigenvalue weighted by molar-refractivity contribution is -0.122. The van der Waals surface area contributed by atoms with Crippen molar-refractivity contribution in [1.82, 2.24) is 9.97 Å². The van der Waals surface area contributed by atoms with Crippen LogP contribution in [0.1, 0.15) is 31.7 Å². The molecule has 5 heteroatoms. The molecular weight excluding hydrogens is 293 g/mol. The van der Waals surface area contributed by atoms with E-state index in [0.717, 1.165) is 28.2 Å². The number of carbonyl (C=O) groups excluding carboxylic acids is 1. The van der Waals surface area contributed by atoms with Gasteiger partial charge in [0.15, 0.2) is 0 Å². The number of nitrogens with zero attached hydrogens (tertiary/aromatic N) is 3. The van der Waals surface area contributed by atoms with Crippen LogP contribution in [0.3, 0.4) is 0 Å². The van der Waals surface area contributed by atoms with Crippen molar-refractivity contribution in [3.63, 3.8) is 0 Å². The second-order valence-electron chi connectivity index (χ2n) is 6.38. The SMILES string of the molecule is Cc1ncc(-c2ccc3c(c2)N(CCCF)C(=O)C3(C)C)cn1. The Hall–Kier alpha value is -2.30. The molecule has 0 saturated carbocycles. The Morgan fingerprint density at radius 1 is 1.17 bits per heavy atom. The van der Waals surface area contributed by atoms with E-state index in [4.69, 9.17) is 0 Å². The number of hydrogen-bond acceptors (Lipinski definition) is 3. The monoisotopic (exact) mass is 313 g/mol. The molecule has 1 aliphatic heterocycles. The van der Waals surface area contributed by atoms with E-state index >= 15 is 0 Å². The van der Waals surface area contributed by atoms with E-state index in [0.29, 0.717) is 13.0 Å². The van der Waals surface area contributed by atoms with Crippen LogP contribution in [-0.2, 0) is 10.2 Å². The first-order valence-electron chi connectivity index (χ1n) is 7.76. The van der Waals surface area contributed by atoms with Crippen LogP contribution in [0.2, 0.25) is 0 Å². The topological polar surface area (TPSA) is 46.1 Å². The summed E-state index contributed by atoms with van der Waals surface area (Å²) in [6.07, 6.45) is 3.90. The van der Waals surface area contributed by atoms with Gasteiger partial charge in [-0.3, -0.25) is 9.18 Å². The van der Waals surface area contributed by atoms with Gasteiger partial charge in [0, 0.05) is 30.2 Å². The summed E-state index contributed by atoms with van der Waals surface area (Å²) < 4.78 is 12.6. The Labute approximate surface area is 135 Å². The van der Waals surface area contributed by atoms with E-state index in [1.54, 1.807) is 17.3 Å². The van der Waals surface area contributed by atoms with Crippen molar-refractivity contribution in [3.8, 4) is 11.1 Å². The Morgan fingerprint density at radius 2 is 1.87 bits per heavy atom. The fourth-order valence-electron chi connectivity index (χ4n) is 3.01. The van der Waals surface area contributed by atoms with Crippen LogP contribution < -0.4 is 4.90 Å². The van der Waals surface area contributed by atoms with Gasteiger partial charge in [-0.15, -0.1) is 0 Å². The van der Waals surface area contributed by atoms with Gasteiger partial charge in [-0.2, -0.15) is 0 Å². The van der Waals surface area contributed by atoms with E-state index in [9.17, 15) is 9.18 Å². The number of alkyl halides is 1. The minimum Gasteiger partial charge on any atom is -0.311 e. The Kier molecular flexibility index (Phi) is 3.88. The Morgan fingerprint density at radius 3 is 2.52 bits per heavy atom. The second kappa shape index (κ2) is 5.72. The first-order valence-corrected chi connectivity index (χ1v) is 7.76. The number of benzene rings is 1. The normalized spacial score (nSPS) is 15.8. The van der Waals surface area contributed by atoms with Gasteiger partial charge in [0.25, 0.3) is 0 Å². The number of rotatable bonds is 4. The van der Waals surface area contributed by atoms with Crippen molar-refractivity contribution >= 4 is 11.6 Å². The number of fused-ring (bicyclic) bond motifs is 1. The summed E-state index contributed by atoms with van der Waals surface area (Å²) in [6, 6.07) is 5.95. The third-order valence-corrected chi connectivity index (χ3v) is 4.37. The number of aromatic nitrogens is 2. The summed E-state index contributed by atoms with van der Waals surface area (Å²) in [4.78, 5) is 22.8. The van der Waals surface area contributed by atoms with Crippen molar-refractivity contribution in [2.45, 2.75) is 32.6 Å². The van der Waals surface area contributed by atoms with E-state index in [2.05, 4.69) is 9.97 Å². The Bertz CT molecular complexity index is 740. The van der Waals surface area contributed by atoms with Crippen molar-refractivity contribution < 1.29 is 9.18 Å². The second-order valence-corrected chi connectivity index (χ2v) is 6.38. The lowest BCUT2D eigenvalue weighted by Gasteiger charge is -2.19. The van der Waals surface area contributed by atoms with Gasteiger partial charge >= 0.3 is 0 Å². The highest BCUT2D eigenvalue weighted by molar-refractivity contribution is 6.08. The number of halogens is 1. The number of hydrogen-bond donors (Lipinski definition) is 0. The molecule has 23 heavy (non-hydrogen) atoms. The molecule has 0 unspecified atom stereocenters. The van der Waals surface area contributed by atoms with Crippen LogP contribution in [-0.4, -0.2) is 29.1 Å². The molecule has 0 bridgehead atoms. The summed E-state index contributed by atoms with van der Waals surface area (Å²) in [7, 11) is 0. The van der Waals surface area contributed by atoms with Crippen molar-refractivity contribution in [2.24, 2.45) is 0 Å². The van der Waals surface area contributed by atoms with Crippen molar-refractivity contribution in [3.05, 3.63) is 42.0 Å². The molecule has 3 rings (SSSR count). The lowest BCUT2D eigenvalue weighted by atomic mass is 9.85. The van der Waals surface area contributed by atoms with Crippen LogP contribution in [0, 0.1) is 6.92 Å². The number of anilines is 1. The van der Waals surface area contributed by atoms with Crippen molar-refractivity contribution in [2.75, 3.05) is 18.1 Å². The molecule has 0 aliphatic carbocycles. The van der Waals surface area contributed by atoms with E-state index in [1.807, 2.05) is 39.0 Å². The highest BCUT2D eigenvalue weighted by Crippen LogP contribution is 2.43. The molecular formula is C18H20FN3O. The zero-order valence-electron chi connectivity index (χ0n) is 13.6. The lowest BCUT2D eigenvalue weighted by Crippen LogP contribution is -2.36. The first kappa shape index (κ1) is 15.6. The molecule has 0 fully saturated rings.